The van der Waals surface area contributed by atoms with E-state index in [0.717, 1.165) is 19.4 Å². The molecule has 9 nitrogen and oxygen atoms in total. The lowest BCUT2D eigenvalue weighted by Crippen LogP contribution is -2.43. The van der Waals surface area contributed by atoms with Crippen LogP contribution >= 0.6 is 0 Å². The Bertz CT molecular complexity index is 877. The van der Waals surface area contributed by atoms with Gasteiger partial charge in [-0.3, -0.25) is 14.5 Å². The highest BCUT2D eigenvalue weighted by Gasteiger charge is 2.31. The zero-order valence-electron chi connectivity index (χ0n) is 15.3. The molecule has 4 rings (SSSR count). The van der Waals surface area contributed by atoms with Gasteiger partial charge in [-0.1, -0.05) is 0 Å². The van der Waals surface area contributed by atoms with Gasteiger partial charge >= 0.3 is 0 Å². The number of hydrogen-bond donors (Lipinski definition) is 3. The van der Waals surface area contributed by atoms with Crippen LogP contribution in [0.2, 0.25) is 0 Å². The van der Waals surface area contributed by atoms with Crippen molar-refractivity contribution < 1.29 is 18.7 Å². The fraction of sp³-hybridized carbons (Fsp3) is 0.471. The van der Waals surface area contributed by atoms with E-state index in [1.165, 1.54) is 17.9 Å². The van der Waals surface area contributed by atoms with Gasteiger partial charge < -0.3 is 15.3 Å². The van der Waals surface area contributed by atoms with Crippen LogP contribution in [0.15, 0.2) is 34.9 Å². The smallest absolute Gasteiger partial charge is 0.284 e. The predicted molar refractivity (Wildman–Crippen MR) is 97.1 cm³/mol. The van der Waals surface area contributed by atoms with Gasteiger partial charge in [-0.15, -0.1) is 0 Å². The zero-order valence-corrected chi connectivity index (χ0v) is 15.3. The fourth-order valence-electron chi connectivity index (χ4n) is 3.48. The molecule has 1 fully saturated rings. The first kappa shape index (κ1) is 18.6. The summed E-state index contributed by atoms with van der Waals surface area (Å²) >= 11 is 0. The summed E-state index contributed by atoms with van der Waals surface area (Å²) in [5.74, 6) is 0.558. The van der Waals surface area contributed by atoms with E-state index in [0.29, 0.717) is 23.8 Å². The Morgan fingerprint density at radius 1 is 1.46 bits per heavy atom. The Morgan fingerprint density at radius 3 is 3.04 bits per heavy atom. The highest BCUT2D eigenvalue weighted by molar-refractivity contribution is 6.06. The first-order valence-electron chi connectivity index (χ1n) is 9.01. The molecule has 0 radical (unpaired) electrons. The van der Waals surface area contributed by atoms with Crippen molar-refractivity contribution in [3.63, 3.8) is 0 Å². The number of hydrogen-bond acceptors (Lipinski definition) is 7. The molecule has 3 aliphatic heterocycles. The summed E-state index contributed by atoms with van der Waals surface area (Å²) in [7, 11) is 1.51. The molecule has 0 aliphatic carbocycles. The molecule has 3 N–H and O–H groups in total. The molecule has 28 heavy (non-hydrogen) atoms. The Hall–Kier alpha value is -2.79. The second-order valence-electron chi connectivity index (χ2n) is 6.89. The average Bonchev–Trinajstić information content (AvgIpc) is 3.24. The molecule has 0 bridgehead atoms. The minimum atomic E-state index is -2.79. The molecule has 1 aromatic rings. The molecule has 1 aromatic heterocycles. The maximum absolute atomic E-state index is 13.1. The lowest BCUT2D eigenvalue weighted by molar-refractivity contribution is -0.112. The first-order valence-corrected chi connectivity index (χ1v) is 9.01. The Labute approximate surface area is 160 Å². The van der Waals surface area contributed by atoms with Gasteiger partial charge in [0.05, 0.1) is 17.4 Å². The van der Waals surface area contributed by atoms with Gasteiger partial charge in [0.2, 0.25) is 0 Å². The monoisotopic (exact) mass is 393 g/mol. The summed E-state index contributed by atoms with van der Waals surface area (Å²) in [5.41, 5.74) is 2.86. The number of anilines is 1. The second-order valence-corrected chi connectivity index (χ2v) is 6.89. The number of hydrazine groups is 1. The van der Waals surface area contributed by atoms with Gasteiger partial charge in [0.25, 0.3) is 12.3 Å². The third-order valence-electron chi connectivity index (χ3n) is 4.82. The van der Waals surface area contributed by atoms with Gasteiger partial charge in [-0.2, -0.15) is 5.10 Å². The number of alkyl halides is 2. The van der Waals surface area contributed by atoms with Crippen molar-refractivity contribution >= 4 is 17.4 Å². The molecule has 0 spiro atoms. The standard InChI is InChI=1S/C17H21F2N7O2/c1-24-9-12(14(23-24)15(18)19)21-17(28)11-7-20-26-6-4-13(22-16(11)26)25-5-2-3-10(27)8-25/h4,6,9-10,15,20,27H,2-3,5,7-8H2,1H3,(H,21,28)/t10-/m0/s1. The molecule has 150 valence electrons. The van der Waals surface area contributed by atoms with Crippen LogP contribution in [-0.2, 0) is 11.8 Å². The number of nitrogens with one attached hydrogen (secondary N) is 2. The molecule has 0 unspecified atom stereocenters. The van der Waals surface area contributed by atoms with Crippen LogP contribution in [0.5, 0.6) is 0 Å². The number of aliphatic hydroxyl groups excluding tert-OH is 1. The Morgan fingerprint density at radius 2 is 2.29 bits per heavy atom. The van der Waals surface area contributed by atoms with Crippen molar-refractivity contribution in [1.29, 1.82) is 0 Å². The molecular weight excluding hydrogens is 372 g/mol. The second kappa shape index (κ2) is 7.32. The zero-order chi connectivity index (χ0) is 19.8. The summed E-state index contributed by atoms with van der Waals surface area (Å²) in [6.45, 7) is 1.48. The first-order chi connectivity index (χ1) is 13.4. The Balaban J connectivity index is 1.58. The van der Waals surface area contributed by atoms with E-state index in [4.69, 9.17) is 0 Å². The number of rotatable bonds is 3. The van der Waals surface area contributed by atoms with E-state index in [1.807, 2.05) is 11.0 Å². The van der Waals surface area contributed by atoms with Crippen LogP contribution in [0.4, 0.5) is 14.5 Å². The topological polar surface area (TPSA) is 98.0 Å². The number of halogens is 2. The molecule has 1 saturated heterocycles. The highest BCUT2D eigenvalue weighted by Crippen LogP contribution is 2.27. The third-order valence-corrected chi connectivity index (χ3v) is 4.82. The third kappa shape index (κ3) is 3.50. The molecule has 11 heteroatoms. The van der Waals surface area contributed by atoms with Crippen molar-refractivity contribution in [2.45, 2.75) is 25.4 Å². The molecule has 1 atom stereocenters. The van der Waals surface area contributed by atoms with Crippen molar-refractivity contribution in [3.05, 3.63) is 35.6 Å². The van der Waals surface area contributed by atoms with Crippen LogP contribution < -0.4 is 10.7 Å². The van der Waals surface area contributed by atoms with E-state index < -0.39 is 24.1 Å². The molecule has 0 saturated carbocycles. The van der Waals surface area contributed by atoms with E-state index in [-0.39, 0.29) is 12.2 Å². The molecular formula is C17H21F2N7O2. The number of aryl methyl sites for hydroxylation is 1. The lowest BCUT2D eigenvalue weighted by Gasteiger charge is -2.33. The van der Waals surface area contributed by atoms with E-state index in [2.05, 4.69) is 20.8 Å². The summed E-state index contributed by atoms with van der Waals surface area (Å²) < 4.78 is 27.5. The van der Waals surface area contributed by atoms with E-state index in [1.54, 1.807) is 11.2 Å². The van der Waals surface area contributed by atoms with Gasteiger partial charge in [0.15, 0.2) is 11.5 Å². The van der Waals surface area contributed by atoms with Gasteiger partial charge in [0.1, 0.15) is 5.84 Å². The number of aliphatic hydroxyl groups is 1. The minimum absolute atomic E-state index is 0.0243. The van der Waals surface area contributed by atoms with Crippen molar-refractivity contribution in [2.24, 2.45) is 12.0 Å². The van der Waals surface area contributed by atoms with Gasteiger partial charge in [-0.25, -0.2) is 19.2 Å². The van der Waals surface area contributed by atoms with E-state index in [9.17, 15) is 18.7 Å². The number of amides is 1. The minimum Gasteiger partial charge on any atom is -0.391 e. The number of piperidine rings is 1. The average molecular weight is 393 g/mol. The number of nitrogens with zero attached hydrogens (tertiary/aromatic N) is 5. The number of fused-ring (bicyclic) bond motifs is 1. The van der Waals surface area contributed by atoms with Crippen LogP contribution in [0.25, 0.3) is 0 Å². The quantitative estimate of drug-likeness (QED) is 0.700. The number of carbonyl (C=O) groups excluding carboxylic acids is 1. The van der Waals surface area contributed by atoms with Crippen LogP contribution in [-0.4, -0.2) is 62.3 Å². The van der Waals surface area contributed by atoms with Crippen molar-refractivity contribution in [2.75, 3.05) is 25.0 Å². The summed E-state index contributed by atoms with van der Waals surface area (Å²) in [6.07, 6.45) is 3.34. The van der Waals surface area contributed by atoms with Crippen molar-refractivity contribution in [3.8, 4) is 0 Å². The van der Waals surface area contributed by atoms with Crippen LogP contribution in [0.3, 0.4) is 0 Å². The Kier molecular flexibility index (Phi) is 4.85. The lowest BCUT2D eigenvalue weighted by atomic mass is 10.1. The molecule has 4 heterocycles. The fourth-order valence-corrected chi connectivity index (χ4v) is 3.48. The number of carbonyl (C=O) groups is 1. The SMILES string of the molecule is Cn1cc(NC(=O)C2=C3N=C(N4CCC[C@H](O)C4)C=CN3NC2)c(C(F)F)n1. The summed E-state index contributed by atoms with van der Waals surface area (Å²) in [6, 6.07) is 0. The molecule has 3 aliphatic rings. The maximum atomic E-state index is 13.1. The number of likely N-dealkylation sites (tertiary alicyclic amines) is 1. The molecule has 0 aromatic carbocycles. The van der Waals surface area contributed by atoms with Gasteiger partial charge in [-0.05, 0) is 18.9 Å². The van der Waals surface area contributed by atoms with E-state index >= 15 is 0 Å². The number of amidine groups is 1. The van der Waals surface area contributed by atoms with Crippen molar-refractivity contribution in [1.82, 2.24) is 25.1 Å². The number of aromatic nitrogens is 2. The summed E-state index contributed by atoms with van der Waals surface area (Å²) in [4.78, 5) is 19.3. The number of β-amino-alcohol motifs (C(OH)–C–C–N with tert-alkyl or cyclic N) is 1. The largest absolute Gasteiger partial charge is 0.391 e. The predicted octanol–water partition coefficient (Wildman–Crippen LogP) is 0.710. The highest BCUT2D eigenvalue weighted by atomic mass is 19.3. The summed E-state index contributed by atoms with van der Waals surface area (Å²) in [5, 5.41) is 17.7. The van der Waals surface area contributed by atoms with Crippen LogP contribution in [0.1, 0.15) is 25.0 Å². The van der Waals surface area contributed by atoms with Crippen LogP contribution in [0, 0.1) is 0 Å². The number of aliphatic imine (C=N–C) groups is 1. The maximum Gasteiger partial charge on any atom is 0.284 e. The van der Waals surface area contributed by atoms with Gasteiger partial charge in [0, 0.05) is 39.1 Å². The molecule has 1 amide bonds. The normalized spacial score (nSPS) is 22.0.